The molecule has 0 aliphatic rings. The highest BCUT2D eigenvalue weighted by Crippen LogP contribution is 2.34. The van der Waals surface area contributed by atoms with E-state index in [4.69, 9.17) is 9.11 Å². The molecule has 0 saturated carbocycles. The van der Waals surface area contributed by atoms with Crippen LogP contribution in [0.1, 0.15) is 0 Å². The molecule has 0 aliphatic heterocycles. The first-order valence-electron chi connectivity index (χ1n) is 6.74. The van der Waals surface area contributed by atoms with Gasteiger partial charge in [-0.2, -0.15) is 16.8 Å². The third-order valence-corrected chi connectivity index (χ3v) is 4.85. The zero-order chi connectivity index (χ0) is 21.3. The van der Waals surface area contributed by atoms with Crippen molar-refractivity contribution in [1.82, 2.24) is 0 Å². The van der Waals surface area contributed by atoms with E-state index in [0.29, 0.717) is 12.1 Å². The van der Waals surface area contributed by atoms with Crippen molar-refractivity contribution in [2.45, 2.75) is 9.79 Å². The van der Waals surface area contributed by atoms with E-state index >= 15 is 0 Å². The van der Waals surface area contributed by atoms with Gasteiger partial charge in [0.25, 0.3) is 31.6 Å². The molecule has 2 aromatic rings. The quantitative estimate of drug-likeness (QED) is 0.293. The molecular formula is C12H8N4O10S2. The van der Waals surface area contributed by atoms with E-state index < -0.39 is 62.6 Å². The minimum Gasteiger partial charge on any atom is -0.282 e. The lowest BCUT2D eigenvalue weighted by Crippen LogP contribution is -1.99. The van der Waals surface area contributed by atoms with E-state index in [9.17, 15) is 37.1 Å². The summed E-state index contributed by atoms with van der Waals surface area (Å²) >= 11 is 0. The Hall–Kier alpha value is -3.34. The first-order chi connectivity index (χ1) is 12.8. The number of rotatable bonds is 6. The second-order valence-corrected chi connectivity index (χ2v) is 7.81. The highest BCUT2D eigenvalue weighted by Gasteiger charge is 2.22. The number of nitro groups is 2. The maximum absolute atomic E-state index is 11.1. The van der Waals surface area contributed by atoms with E-state index in [-0.39, 0.29) is 0 Å². The molecule has 0 amide bonds. The maximum Gasteiger partial charge on any atom is 0.298 e. The van der Waals surface area contributed by atoms with E-state index in [1.807, 2.05) is 0 Å². The molecule has 2 N–H and O–H groups in total. The molecule has 0 atom stereocenters. The Morgan fingerprint density at radius 3 is 1.29 bits per heavy atom. The van der Waals surface area contributed by atoms with E-state index in [0.717, 1.165) is 24.3 Å². The minimum absolute atomic E-state index is 0.495. The normalized spacial score (nSPS) is 12.2. The molecule has 0 aliphatic carbocycles. The zero-order valence-corrected chi connectivity index (χ0v) is 14.9. The number of azo groups is 1. The zero-order valence-electron chi connectivity index (χ0n) is 13.2. The van der Waals surface area contributed by atoms with E-state index in [1.165, 1.54) is 0 Å². The van der Waals surface area contributed by atoms with Crippen molar-refractivity contribution in [3.8, 4) is 0 Å². The summed E-state index contributed by atoms with van der Waals surface area (Å²) < 4.78 is 62.1. The van der Waals surface area contributed by atoms with Gasteiger partial charge in [-0.1, -0.05) is 0 Å². The monoisotopic (exact) mass is 432 g/mol. The van der Waals surface area contributed by atoms with Gasteiger partial charge in [0.05, 0.1) is 9.85 Å². The summed E-state index contributed by atoms with van der Waals surface area (Å²) in [4.78, 5) is 18.6. The molecule has 0 spiro atoms. The molecule has 0 heterocycles. The van der Waals surface area contributed by atoms with Gasteiger partial charge in [-0.25, -0.2) is 0 Å². The van der Waals surface area contributed by atoms with Crippen LogP contribution in [0.15, 0.2) is 56.4 Å². The van der Waals surface area contributed by atoms with Gasteiger partial charge < -0.3 is 0 Å². The Balaban J connectivity index is 2.57. The number of hydrogen-bond acceptors (Lipinski definition) is 10. The molecule has 14 nitrogen and oxygen atoms in total. The van der Waals surface area contributed by atoms with Crippen LogP contribution in [-0.2, 0) is 20.2 Å². The summed E-state index contributed by atoms with van der Waals surface area (Å²) in [6, 6.07) is 4.30. The summed E-state index contributed by atoms with van der Waals surface area (Å²) in [5.74, 6) is 0. The maximum atomic E-state index is 11.1. The lowest BCUT2D eigenvalue weighted by molar-refractivity contribution is -0.384. The van der Waals surface area contributed by atoms with Gasteiger partial charge in [-0.05, 0) is 24.3 Å². The molecule has 2 rings (SSSR count). The van der Waals surface area contributed by atoms with Crippen LogP contribution in [-0.4, -0.2) is 35.8 Å². The van der Waals surface area contributed by atoms with Gasteiger partial charge in [0, 0.05) is 12.1 Å². The van der Waals surface area contributed by atoms with Crippen molar-refractivity contribution in [2.24, 2.45) is 10.2 Å². The van der Waals surface area contributed by atoms with Gasteiger partial charge in [0.1, 0.15) is 9.79 Å². The van der Waals surface area contributed by atoms with Crippen molar-refractivity contribution in [1.29, 1.82) is 0 Å². The van der Waals surface area contributed by atoms with Crippen molar-refractivity contribution in [2.75, 3.05) is 0 Å². The molecule has 2 aromatic carbocycles. The number of hydrogen-bond donors (Lipinski definition) is 2. The Bertz CT molecular complexity index is 1130. The van der Waals surface area contributed by atoms with Crippen LogP contribution in [0.5, 0.6) is 0 Å². The average Bonchev–Trinajstić information content (AvgIpc) is 2.57. The topological polar surface area (TPSA) is 220 Å². The van der Waals surface area contributed by atoms with Crippen LogP contribution >= 0.6 is 0 Å². The number of nitrogens with zero attached hydrogens (tertiary/aromatic N) is 4. The van der Waals surface area contributed by atoms with Crippen LogP contribution in [0.25, 0.3) is 0 Å². The van der Waals surface area contributed by atoms with Gasteiger partial charge in [0.15, 0.2) is 11.4 Å². The molecule has 148 valence electrons. The smallest absolute Gasteiger partial charge is 0.282 e. The van der Waals surface area contributed by atoms with Crippen LogP contribution < -0.4 is 0 Å². The third-order valence-electron chi connectivity index (χ3n) is 3.15. The fourth-order valence-electron chi connectivity index (χ4n) is 1.90. The van der Waals surface area contributed by atoms with E-state index in [2.05, 4.69) is 10.2 Å². The van der Waals surface area contributed by atoms with Gasteiger partial charge >= 0.3 is 0 Å². The molecule has 28 heavy (non-hydrogen) atoms. The molecule has 0 radical (unpaired) electrons. The summed E-state index contributed by atoms with van der Waals surface area (Å²) in [5.41, 5.74) is -2.72. The van der Waals surface area contributed by atoms with Crippen molar-refractivity contribution in [3.05, 3.63) is 56.6 Å². The second-order valence-electron chi connectivity index (χ2n) is 4.97. The second kappa shape index (κ2) is 7.35. The highest BCUT2D eigenvalue weighted by molar-refractivity contribution is 7.86. The molecule has 0 saturated heterocycles. The molecule has 16 heteroatoms. The first kappa shape index (κ1) is 21.0. The van der Waals surface area contributed by atoms with Crippen molar-refractivity contribution in [3.63, 3.8) is 0 Å². The predicted molar refractivity (Wildman–Crippen MR) is 90.0 cm³/mol. The summed E-state index contributed by atoms with van der Waals surface area (Å²) in [7, 11) is -9.45. The summed E-state index contributed by atoms with van der Waals surface area (Å²) in [5, 5.41) is 29.0. The molecular weight excluding hydrogens is 424 g/mol. The Kier molecular flexibility index (Phi) is 5.50. The van der Waals surface area contributed by atoms with Crippen LogP contribution in [0, 0.1) is 20.2 Å². The van der Waals surface area contributed by atoms with Crippen molar-refractivity contribution >= 4 is 43.0 Å². The highest BCUT2D eigenvalue weighted by atomic mass is 32.2. The van der Waals surface area contributed by atoms with Gasteiger partial charge in [0.2, 0.25) is 0 Å². The summed E-state index contributed by atoms with van der Waals surface area (Å²) in [6.07, 6.45) is 0. The molecule has 0 unspecified atom stereocenters. The number of benzene rings is 2. The molecule has 0 aromatic heterocycles. The molecule has 0 bridgehead atoms. The Morgan fingerprint density at radius 2 is 1.04 bits per heavy atom. The number of nitro benzene ring substituents is 2. The van der Waals surface area contributed by atoms with Gasteiger partial charge in [-0.15, -0.1) is 10.2 Å². The fourth-order valence-corrected chi connectivity index (χ4v) is 2.90. The Labute approximate surface area is 155 Å². The van der Waals surface area contributed by atoms with Gasteiger partial charge in [-0.3, -0.25) is 29.3 Å². The SMILES string of the molecule is O=[N+]([O-])c1cc(S(=O)(=O)O)ccc1N=Nc1ccc(S(=O)(=O)O)cc1[N+](=O)[O-]. The third kappa shape index (κ3) is 4.68. The average molecular weight is 432 g/mol. The lowest BCUT2D eigenvalue weighted by atomic mass is 10.2. The van der Waals surface area contributed by atoms with Crippen molar-refractivity contribution < 1.29 is 35.8 Å². The predicted octanol–water partition coefficient (Wildman–Crippen LogP) is 2.41. The standard InChI is InChI=1S/C12H8N4O10S2/c17-15(18)11-5-7(27(21,22)23)1-3-9(11)13-14-10-4-2-8(28(24,25)26)6-12(10)16(19)20/h1-6H,(H,21,22,23)(H,24,25,26). The molecule has 0 fully saturated rings. The van der Waals surface area contributed by atoms with Crippen LogP contribution in [0.4, 0.5) is 22.7 Å². The minimum atomic E-state index is -4.73. The van der Waals surface area contributed by atoms with Crippen LogP contribution in [0.2, 0.25) is 0 Å². The summed E-state index contributed by atoms with van der Waals surface area (Å²) in [6.45, 7) is 0. The van der Waals surface area contributed by atoms with Crippen LogP contribution in [0.3, 0.4) is 0 Å². The first-order valence-corrected chi connectivity index (χ1v) is 9.62. The lowest BCUT2D eigenvalue weighted by Gasteiger charge is -2.01. The fraction of sp³-hybridized carbons (Fsp3) is 0. The Morgan fingerprint density at radius 1 is 0.714 bits per heavy atom. The van der Waals surface area contributed by atoms with E-state index in [1.54, 1.807) is 0 Å². The largest absolute Gasteiger partial charge is 0.298 e.